The highest BCUT2D eigenvalue weighted by Gasteiger charge is 2.21. The molecule has 1 fully saturated rings. The van der Waals surface area contributed by atoms with Crippen molar-refractivity contribution < 1.29 is 14.3 Å². The van der Waals surface area contributed by atoms with Crippen LogP contribution in [0.1, 0.15) is 26.2 Å². The van der Waals surface area contributed by atoms with E-state index in [1.807, 2.05) is 11.8 Å². The second kappa shape index (κ2) is 7.63. The molecular formula is C12H23NO3. The zero-order chi connectivity index (χ0) is 11.8. The number of hydrogen-bond donors (Lipinski definition) is 0. The third kappa shape index (κ3) is 4.49. The van der Waals surface area contributed by atoms with Gasteiger partial charge in [0.1, 0.15) is 0 Å². The third-order valence-corrected chi connectivity index (χ3v) is 3.06. The van der Waals surface area contributed by atoms with Crippen molar-refractivity contribution in [3.8, 4) is 0 Å². The highest BCUT2D eigenvalue weighted by atomic mass is 16.5. The van der Waals surface area contributed by atoms with Gasteiger partial charge in [-0.3, -0.25) is 4.79 Å². The van der Waals surface area contributed by atoms with E-state index in [0.717, 1.165) is 32.5 Å². The second-order valence-electron chi connectivity index (χ2n) is 4.25. The number of ether oxygens (including phenoxy) is 2. The van der Waals surface area contributed by atoms with Crippen LogP contribution < -0.4 is 0 Å². The summed E-state index contributed by atoms with van der Waals surface area (Å²) in [6, 6.07) is 0. The lowest BCUT2D eigenvalue weighted by atomic mass is 9.97. The number of rotatable bonds is 6. The van der Waals surface area contributed by atoms with Gasteiger partial charge in [0, 0.05) is 33.2 Å². The molecule has 0 aromatic carbocycles. The maximum absolute atomic E-state index is 11.5. The molecule has 4 nitrogen and oxygen atoms in total. The Kier molecular flexibility index (Phi) is 6.42. The van der Waals surface area contributed by atoms with Crippen LogP contribution in [0.15, 0.2) is 0 Å². The summed E-state index contributed by atoms with van der Waals surface area (Å²) in [6.07, 6.45) is 2.76. The number of hydrogen-bond acceptors (Lipinski definition) is 3. The third-order valence-electron chi connectivity index (χ3n) is 3.06. The molecule has 0 aromatic heterocycles. The molecule has 0 saturated carbocycles. The van der Waals surface area contributed by atoms with Crippen LogP contribution in [0.4, 0.5) is 0 Å². The molecule has 1 saturated heterocycles. The summed E-state index contributed by atoms with van der Waals surface area (Å²) in [5.74, 6) is 0.886. The maximum Gasteiger partial charge on any atom is 0.222 e. The van der Waals surface area contributed by atoms with E-state index in [1.165, 1.54) is 0 Å². The Bertz CT molecular complexity index is 200. The summed E-state index contributed by atoms with van der Waals surface area (Å²) in [5.41, 5.74) is 0. The first kappa shape index (κ1) is 13.5. The van der Waals surface area contributed by atoms with Crippen LogP contribution in [0.2, 0.25) is 0 Å². The minimum atomic E-state index is 0.277. The van der Waals surface area contributed by atoms with Gasteiger partial charge in [-0.05, 0) is 18.8 Å². The van der Waals surface area contributed by atoms with Gasteiger partial charge in [-0.1, -0.05) is 6.92 Å². The number of nitrogens with zero attached hydrogens (tertiary/aromatic N) is 1. The van der Waals surface area contributed by atoms with Crippen LogP contribution >= 0.6 is 0 Å². The number of methoxy groups -OCH3 is 1. The Morgan fingerprint density at radius 1 is 1.31 bits per heavy atom. The van der Waals surface area contributed by atoms with E-state index in [1.54, 1.807) is 7.11 Å². The van der Waals surface area contributed by atoms with Crippen molar-refractivity contribution in [3.05, 3.63) is 0 Å². The molecule has 1 amide bonds. The normalized spacial score (nSPS) is 17.8. The van der Waals surface area contributed by atoms with Crippen molar-refractivity contribution in [3.63, 3.8) is 0 Å². The largest absolute Gasteiger partial charge is 0.382 e. The molecule has 94 valence electrons. The summed E-state index contributed by atoms with van der Waals surface area (Å²) in [5, 5.41) is 0. The predicted octanol–water partition coefficient (Wildman–Crippen LogP) is 1.30. The number of amides is 1. The Morgan fingerprint density at radius 3 is 2.56 bits per heavy atom. The van der Waals surface area contributed by atoms with Crippen molar-refractivity contribution in [2.75, 3.05) is 40.0 Å². The first-order valence-corrected chi connectivity index (χ1v) is 6.12. The highest BCUT2D eigenvalue weighted by Crippen LogP contribution is 2.17. The zero-order valence-electron chi connectivity index (χ0n) is 10.4. The van der Waals surface area contributed by atoms with Gasteiger partial charge in [0.25, 0.3) is 0 Å². The lowest BCUT2D eigenvalue weighted by Gasteiger charge is -2.31. The van der Waals surface area contributed by atoms with Crippen molar-refractivity contribution >= 4 is 5.91 Å². The quantitative estimate of drug-likeness (QED) is 0.644. The van der Waals surface area contributed by atoms with E-state index in [9.17, 15) is 4.79 Å². The first-order valence-electron chi connectivity index (χ1n) is 6.12. The van der Waals surface area contributed by atoms with Gasteiger partial charge in [0.15, 0.2) is 0 Å². The maximum atomic E-state index is 11.5. The van der Waals surface area contributed by atoms with Crippen molar-refractivity contribution in [1.29, 1.82) is 0 Å². The summed E-state index contributed by atoms with van der Waals surface area (Å²) >= 11 is 0. The van der Waals surface area contributed by atoms with Crippen LogP contribution in [0.3, 0.4) is 0 Å². The Balaban J connectivity index is 2.10. The molecule has 1 rings (SSSR count). The second-order valence-corrected chi connectivity index (χ2v) is 4.25. The van der Waals surface area contributed by atoms with Gasteiger partial charge in [-0.2, -0.15) is 0 Å². The van der Waals surface area contributed by atoms with Crippen molar-refractivity contribution in [2.45, 2.75) is 26.2 Å². The SMILES string of the molecule is CCC(=O)N1CCC(COCCOC)CC1. The molecule has 0 aromatic rings. The first-order chi connectivity index (χ1) is 7.77. The van der Waals surface area contributed by atoms with Crippen LogP contribution in [-0.4, -0.2) is 50.8 Å². The average Bonchev–Trinajstić information content (AvgIpc) is 2.34. The molecule has 16 heavy (non-hydrogen) atoms. The molecule has 0 unspecified atom stereocenters. The highest BCUT2D eigenvalue weighted by molar-refractivity contribution is 5.75. The van der Waals surface area contributed by atoms with Crippen LogP contribution in [-0.2, 0) is 14.3 Å². The average molecular weight is 229 g/mol. The van der Waals surface area contributed by atoms with E-state index in [4.69, 9.17) is 9.47 Å². The Hall–Kier alpha value is -0.610. The lowest BCUT2D eigenvalue weighted by molar-refractivity contribution is -0.132. The van der Waals surface area contributed by atoms with E-state index in [-0.39, 0.29) is 5.91 Å². The van der Waals surface area contributed by atoms with Crippen LogP contribution in [0.5, 0.6) is 0 Å². The fourth-order valence-electron chi connectivity index (χ4n) is 1.96. The molecule has 0 atom stereocenters. The fourth-order valence-corrected chi connectivity index (χ4v) is 1.96. The monoisotopic (exact) mass is 229 g/mol. The van der Waals surface area contributed by atoms with Gasteiger partial charge in [-0.25, -0.2) is 0 Å². The van der Waals surface area contributed by atoms with E-state index < -0.39 is 0 Å². The molecular weight excluding hydrogens is 206 g/mol. The van der Waals surface area contributed by atoms with Gasteiger partial charge < -0.3 is 14.4 Å². The number of carbonyl (C=O) groups is 1. The Morgan fingerprint density at radius 2 is 2.00 bits per heavy atom. The van der Waals surface area contributed by atoms with Crippen LogP contribution in [0, 0.1) is 5.92 Å². The number of likely N-dealkylation sites (tertiary alicyclic amines) is 1. The summed E-state index contributed by atoms with van der Waals surface area (Å²) < 4.78 is 10.4. The zero-order valence-corrected chi connectivity index (χ0v) is 10.4. The minimum absolute atomic E-state index is 0.277. The summed E-state index contributed by atoms with van der Waals surface area (Å²) in [7, 11) is 1.68. The van der Waals surface area contributed by atoms with Gasteiger partial charge in [-0.15, -0.1) is 0 Å². The minimum Gasteiger partial charge on any atom is -0.382 e. The van der Waals surface area contributed by atoms with Crippen LogP contribution in [0.25, 0.3) is 0 Å². The molecule has 4 heteroatoms. The topological polar surface area (TPSA) is 38.8 Å². The molecule has 0 N–H and O–H groups in total. The summed E-state index contributed by atoms with van der Waals surface area (Å²) in [6.45, 7) is 5.84. The van der Waals surface area contributed by atoms with E-state index in [0.29, 0.717) is 25.6 Å². The van der Waals surface area contributed by atoms with Gasteiger partial charge in [0.2, 0.25) is 5.91 Å². The lowest BCUT2D eigenvalue weighted by Crippen LogP contribution is -2.39. The van der Waals surface area contributed by atoms with Crippen molar-refractivity contribution in [2.24, 2.45) is 5.92 Å². The molecule has 1 aliphatic rings. The number of piperidine rings is 1. The van der Waals surface area contributed by atoms with E-state index in [2.05, 4.69) is 0 Å². The fraction of sp³-hybridized carbons (Fsp3) is 0.917. The molecule has 1 aliphatic heterocycles. The molecule has 1 heterocycles. The molecule has 0 spiro atoms. The van der Waals surface area contributed by atoms with Crippen molar-refractivity contribution in [1.82, 2.24) is 4.90 Å². The standard InChI is InChI=1S/C12H23NO3/c1-3-12(14)13-6-4-11(5-7-13)10-16-9-8-15-2/h11H,3-10H2,1-2H3. The Labute approximate surface area is 97.9 Å². The summed E-state index contributed by atoms with van der Waals surface area (Å²) in [4.78, 5) is 13.4. The van der Waals surface area contributed by atoms with Gasteiger partial charge in [0.05, 0.1) is 13.2 Å². The number of carbonyl (C=O) groups excluding carboxylic acids is 1. The molecule has 0 bridgehead atoms. The smallest absolute Gasteiger partial charge is 0.222 e. The van der Waals surface area contributed by atoms with Gasteiger partial charge >= 0.3 is 0 Å². The predicted molar refractivity (Wildman–Crippen MR) is 62.3 cm³/mol. The molecule has 0 radical (unpaired) electrons. The molecule has 0 aliphatic carbocycles. The van der Waals surface area contributed by atoms with E-state index >= 15 is 0 Å².